The number of alkyl halides is 3. The van der Waals surface area contributed by atoms with Crippen LogP contribution in [-0.4, -0.2) is 46.3 Å². The third kappa shape index (κ3) is 2.09. The second-order valence-electron chi connectivity index (χ2n) is 7.13. The van der Waals surface area contributed by atoms with Gasteiger partial charge in [-0.05, 0) is 44.2 Å². The molecule has 1 aromatic heterocycles. The van der Waals surface area contributed by atoms with Crippen molar-refractivity contribution in [3.05, 3.63) is 23.9 Å². The standard InChI is InChI=1S/C16H19F3N2O2/c1-8(22)13-10-5-15(10)6-11(14(15)21(13)2)23-12-4-3-9(7-20-12)16(17,18)19/h3-4,7-8,10-11,13-14,22H,5-6H2,1-2H3. The maximum Gasteiger partial charge on any atom is 0.417 e. The van der Waals surface area contributed by atoms with Crippen LogP contribution in [0.1, 0.15) is 25.3 Å². The number of ether oxygens (including phenoxy) is 1. The van der Waals surface area contributed by atoms with Crippen molar-refractivity contribution in [2.75, 3.05) is 7.05 Å². The van der Waals surface area contributed by atoms with Crippen LogP contribution in [0.4, 0.5) is 13.2 Å². The highest BCUT2D eigenvalue weighted by Gasteiger charge is 2.78. The summed E-state index contributed by atoms with van der Waals surface area (Å²) < 4.78 is 43.5. The van der Waals surface area contributed by atoms with Gasteiger partial charge in [-0.1, -0.05) is 0 Å². The summed E-state index contributed by atoms with van der Waals surface area (Å²) in [4.78, 5) is 5.96. The Bertz CT molecular complexity index is 619. The molecular formula is C16H19F3N2O2. The van der Waals surface area contributed by atoms with Crippen LogP contribution in [0.3, 0.4) is 0 Å². The van der Waals surface area contributed by atoms with Gasteiger partial charge in [0.2, 0.25) is 5.88 Å². The predicted octanol–water partition coefficient (Wildman–Crippen LogP) is 2.32. The van der Waals surface area contributed by atoms with Crippen LogP contribution >= 0.6 is 0 Å². The maximum absolute atomic E-state index is 12.6. The Morgan fingerprint density at radius 3 is 2.70 bits per heavy atom. The van der Waals surface area contributed by atoms with Gasteiger partial charge in [0.15, 0.2) is 0 Å². The van der Waals surface area contributed by atoms with Crippen LogP contribution in [0, 0.1) is 11.3 Å². The highest BCUT2D eigenvalue weighted by molar-refractivity contribution is 5.30. The molecule has 1 N–H and O–H groups in total. The van der Waals surface area contributed by atoms with E-state index in [9.17, 15) is 18.3 Å². The van der Waals surface area contributed by atoms with Crippen molar-refractivity contribution < 1.29 is 23.0 Å². The van der Waals surface area contributed by atoms with Crippen molar-refractivity contribution >= 4 is 0 Å². The fourth-order valence-corrected chi connectivity index (χ4v) is 4.90. The molecule has 6 atom stereocenters. The molecule has 0 radical (unpaired) electrons. The number of pyridine rings is 1. The first kappa shape index (κ1) is 15.2. The lowest BCUT2D eigenvalue weighted by Crippen LogP contribution is -2.58. The number of aliphatic hydroxyl groups excluding tert-OH is 1. The van der Waals surface area contributed by atoms with E-state index in [1.54, 1.807) is 0 Å². The molecule has 2 saturated carbocycles. The van der Waals surface area contributed by atoms with Crippen molar-refractivity contribution in [2.45, 2.75) is 50.2 Å². The molecule has 1 aliphatic heterocycles. The number of aromatic nitrogens is 1. The molecule has 3 fully saturated rings. The molecule has 0 bridgehead atoms. The number of aliphatic hydroxyl groups is 1. The summed E-state index contributed by atoms with van der Waals surface area (Å²) in [5.41, 5.74) is -0.531. The van der Waals surface area contributed by atoms with Gasteiger partial charge in [-0.15, -0.1) is 0 Å². The number of likely N-dealkylation sites (tertiary alicyclic amines) is 1. The summed E-state index contributed by atoms with van der Waals surface area (Å²) in [5.74, 6) is 0.738. The highest BCUT2D eigenvalue weighted by atomic mass is 19.4. The molecule has 2 aliphatic carbocycles. The number of hydrogen-bond acceptors (Lipinski definition) is 4. The minimum atomic E-state index is -4.39. The van der Waals surface area contributed by atoms with Gasteiger partial charge >= 0.3 is 6.18 Å². The summed E-state index contributed by atoms with van der Waals surface area (Å²) in [6.07, 6.45) is -2.04. The first-order valence-corrected chi connectivity index (χ1v) is 7.84. The Kier molecular flexibility index (Phi) is 3.04. The molecule has 1 aromatic rings. The lowest BCUT2D eigenvalue weighted by molar-refractivity contribution is -0.137. The van der Waals surface area contributed by atoms with Crippen LogP contribution in [0.15, 0.2) is 18.3 Å². The highest BCUT2D eigenvalue weighted by Crippen LogP contribution is 2.73. The number of likely N-dealkylation sites (N-methyl/N-ethyl adjacent to an activating group) is 1. The number of hydrogen-bond donors (Lipinski definition) is 1. The van der Waals surface area contributed by atoms with Gasteiger partial charge in [-0.2, -0.15) is 13.2 Å². The van der Waals surface area contributed by atoms with E-state index in [-0.39, 0.29) is 35.6 Å². The first-order chi connectivity index (χ1) is 10.7. The molecule has 7 heteroatoms. The van der Waals surface area contributed by atoms with Gasteiger partial charge in [0.1, 0.15) is 6.10 Å². The molecule has 0 amide bonds. The van der Waals surface area contributed by atoms with Gasteiger partial charge in [0.25, 0.3) is 0 Å². The summed E-state index contributed by atoms with van der Waals surface area (Å²) in [7, 11) is 1.99. The second-order valence-corrected chi connectivity index (χ2v) is 7.13. The molecule has 4 rings (SSSR count). The van der Waals surface area contributed by atoms with E-state index >= 15 is 0 Å². The minimum Gasteiger partial charge on any atom is -0.473 e. The molecule has 0 aromatic carbocycles. The van der Waals surface area contributed by atoms with Crippen molar-refractivity contribution in [1.82, 2.24) is 9.88 Å². The zero-order chi connectivity index (χ0) is 16.6. The molecule has 23 heavy (non-hydrogen) atoms. The van der Waals surface area contributed by atoms with Gasteiger partial charge < -0.3 is 9.84 Å². The number of rotatable bonds is 3. The number of halogens is 3. The van der Waals surface area contributed by atoms with Crippen molar-refractivity contribution in [2.24, 2.45) is 11.3 Å². The van der Waals surface area contributed by atoms with Crippen molar-refractivity contribution in [3.8, 4) is 5.88 Å². The normalized spacial score (nSPS) is 40.1. The number of piperidine rings is 1. The SMILES string of the molecule is CC(O)C1C2CC23CC(Oc2ccc(C(F)(F)F)cn2)C3N1C. The van der Waals surface area contributed by atoms with E-state index in [4.69, 9.17) is 4.74 Å². The monoisotopic (exact) mass is 328 g/mol. The molecular weight excluding hydrogens is 309 g/mol. The predicted molar refractivity (Wildman–Crippen MR) is 75.8 cm³/mol. The van der Waals surface area contributed by atoms with Crippen LogP contribution in [0.25, 0.3) is 0 Å². The largest absolute Gasteiger partial charge is 0.473 e. The third-order valence-electron chi connectivity index (χ3n) is 5.85. The molecule has 6 unspecified atom stereocenters. The van der Waals surface area contributed by atoms with Crippen LogP contribution in [-0.2, 0) is 6.18 Å². The average molecular weight is 328 g/mol. The zero-order valence-electron chi connectivity index (χ0n) is 12.9. The Labute approximate surface area is 132 Å². The van der Waals surface area contributed by atoms with E-state index in [1.807, 2.05) is 14.0 Å². The summed E-state index contributed by atoms with van der Waals surface area (Å²) >= 11 is 0. The molecule has 2 heterocycles. The van der Waals surface area contributed by atoms with E-state index < -0.39 is 11.7 Å². The van der Waals surface area contributed by atoms with Crippen LogP contribution in [0.5, 0.6) is 5.88 Å². The molecule has 1 spiro atoms. The topological polar surface area (TPSA) is 45.6 Å². The Morgan fingerprint density at radius 2 is 2.13 bits per heavy atom. The molecule has 4 nitrogen and oxygen atoms in total. The van der Waals surface area contributed by atoms with E-state index in [0.29, 0.717) is 5.92 Å². The second kappa shape index (κ2) is 4.60. The van der Waals surface area contributed by atoms with Gasteiger partial charge in [0.05, 0.1) is 17.7 Å². The smallest absolute Gasteiger partial charge is 0.417 e. The summed E-state index contributed by atoms with van der Waals surface area (Å²) in [5, 5.41) is 9.96. The van der Waals surface area contributed by atoms with Crippen LogP contribution < -0.4 is 4.74 Å². The van der Waals surface area contributed by atoms with E-state index in [0.717, 1.165) is 25.1 Å². The first-order valence-electron chi connectivity index (χ1n) is 7.84. The number of nitrogens with zero attached hydrogens (tertiary/aromatic N) is 2. The Morgan fingerprint density at radius 1 is 1.39 bits per heavy atom. The Balaban J connectivity index is 1.46. The third-order valence-corrected chi connectivity index (χ3v) is 5.85. The summed E-state index contributed by atoms with van der Waals surface area (Å²) in [6.45, 7) is 1.81. The van der Waals surface area contributed by atoms with E-state index in [1.165, 1.54) is 6.07 Å². The quantitative estimate of drug-likeness (QED) is 0.925. The molecule has 3 aliphatic rings. The van der Waals surface area contributed by atoms with Gasteiger partial charge in [0, 0.05) is 18.3 Å². The summed E-state index contributed by atoms with van der Waals surface area (Å²) in [6, 6.07) is 2.64. The van der Waals surface area contributed by atoms with Crippen LogP contribution in [0.2, 0.25) is 0 Å². The van der Waals surface area contributed by atoms with Gasteiger partial charge in [-0.25, -0.2) is 4.98 Å². The fraction of sp³-hybridized carbons (Fsp3) is 0.688. The lowest BCUT2D eigenvalue weighted by Gasteiger charge is -2.47. The Hall–Kier alpha value is -1.34. The maximum atomic E-state index is 12.6. The average Bonchev–Trinajstić information content (AvgIpc) is 3.09. The zero-order valence-corrected chi connectivity index (χ0v) is 12.9. The van der Waals surface area contributed by atoms with Gasteiger partial charge in [-0.3, -0.25) is 4.90 Å². The minimum absolute atomic E-state index is 0.0713. The molecule has 1 saturated heterocycles. The molecule has 126 valence electrons. The van der Waals surface area contributed by atoms with Crippen molar-refractivity contribution in [3.63, 3.8) is 0 Å². The lowest BCUT2D eigenvalue weighted by atomic mass is 9.73. The van der Waals surface area contributed by atoms with Crippen molar-refractivity contribution in [1.29, 1.82) is 0 Å². The van der Waals surface area contributed by atoms with E-state index in [2.05, 4.69) is 9.88 Å². The fourth-order valence-electron chi connectivity index (χ4n) is 4.90.